The molecule has 0 fully saturated rings. The lowest BCUT2D eigenvalue weighted by atomic mass is 10.1. The molecule has 7 heteroatoms. The minimum Gasteiger partial charge on any atom is -0.466 e. The van der Waals surface area contributed by atoms with Gasteiger partial charge in [-0.1, -0.05) is 97.3 Å². The highest BCUT2D eigenvalue weighted by Gasteiger charge is 2.12. The third-order valence-corrected chi connectivity index (χ3v) is 5.07. The summed E-state index contributed by atoms with van der Waals surface area (Å²) in [4.78, 5) is 27.7. The maximum Gasteiger partial charge on any atom is 0.469 e. The zero-order valence-corrected chi connectivity index (χ0v) is 20.1. The van der Waals surface area contributed by atoms with Gasteiger partial charge in [-0.3, -0.25) is 9.32 Å². The average molecular weight is 439 g/mol. The molecule has 0 aromatic heterocycles. The molecule has 0 aromatic rings. The molecule has 29 heavy (non-hydrogen) atoms. The van der Waals surface area contributed by atoms with Crippen LogP contribution in [-0.4, -0.2) is 29.0 Å². The third-order valence-electron chi connectivity index (χ3n) is 4.55. The van der Waals surface area contributed by atoms with Crippen LogP contribution in [0.2, 0.25) is 0 Å². The smallest absolute Gasteiger partial charge is 0.466 e. The molecule has 0 aromatic carbocycles. The Hall–Kier alpha value is -0.420. The SMILES string of the molecule is CCCCCCCCCCCC(=O)OCC.CCCCCCCCOP(=O)(O)O. The molecule has 6 nitrogen and oxygen atoms in total. The molecule has 0 saturated heterocycles. The maximum absolute atomic E-state index is 11.0. The van der Waals surface area contributed by atoms with Gasteiger partial charge in [0.05, 0.1) is 13.2 Å². The Kier molecular flexibility index (Phi) is 25.3. The zero-order valence-electron chi connectivity index (χ0n) is 19.2. The van der Waals surface area contributed by atoms with Crippen molar-refractivity contribution in [1.82, 2.24) is 0 Å². The van der Waals surface area contributed by atoms with Crippen molar-refractivity contribution in [3.8, 4) is 0 Å². The highest BCUT2D eigenvalue weighted by Crippen LogP contribution is 2.35. The number of hydrogen-bond acceptors (Lipinski definition) is 4. The van der Waals surface area contributed by atoms with E-state index in [4.69, 9.17) is 14.5 Å². The van der Waals surface area contributed by atoms with Gasteiger partial charge in [0.2, 0.25) is 0 Å². The second kappa shape index (κ2) is 23.9. The van der Waals surface area contributed by atoms with Crippen molar-refractivity contribution in [3.63, 3.8) is 0 Å². The number of unbranched alkanes of at least 4 members (excludes halogenated alkanes) is 13. The van der Waals surface area contributed by atoms with Crippen LogP contribution in [0.3, 0.4) is 0 Å². The van der Waals surface area contributed by atoms with Gasteiger partial charge < -0.3 is 14.5 Å². The minimum absolute atomic E-state index is 0.0366. The molecule has 2 N–H and O–H groups in total. The van der Waals surface area contributed by atoms with Crippen molar-refractivity contribution in [2.45, 2.75) is 124 Å². The quantitative estimate of drug-likeness (QED) is 0.129. The van der Waals surface area contributed by atoms with Crippen molar-refractivity contribution in [2.24, 2.45) is 0 Å². The zero-order chi connectivity index (χ0) is 22.2. The van der Waals surface area contributed by atoms with Crippen LogP contribution in [0.25, 0.3) is 0 Å². The Morgan fingerprint density at radius 1 is 0.690 bits per heavy atom. The molecular formula is C22H47O6P. The molecule has 0 rings (SSSR count). The van der Waals surface area contributed by atoms with E-state index in [1.54, 1.807) is 0 Å². The molecule has 0 amide bonds. The summed E-state index contributed by atoms with van der Waals surface area (Å²) < 4.78 is 19.4. The van der Waals surface area contributed by atoms with E-state index in [1.807, 2.05) is 6.92 Å². The predicted molar refractivity (Wildman–Crippen MR) is 120 cm³/mol. The molecule has 0 aliphatic carbocycles. The summed E-state index contributed by atoms with van der Waals surface area (Å²) in [6.07, 6.45) is 18.7. The summed E-state index contributed by atoms with van der Waals surface area (Å²) in [6.45, 7) is 6.92. The van der Waals surface area contributed by atoms with Crippen molar-refractivity contribution < 1.29 is 28.4 Å². The van der Waals surface area contributed by atoms with Crippen molar-refractivity contribution in [2.75, 3.05) is 13.2 Å². The van der Waals surface area contributed by atoms with Crippen molar-refractivity contribution in [3.05, 3.63) is 0 Å². The van der Waals surface area contributed by atoms with E-state index < -0.39 is 7.82 Å². The summed E-state index contributed by atoms with van der Waals surface area (Å²) in [7, 11) is -4.23. The standard InChI is InChI=1S/C14H28O2.C8H19O4P/c1-3-5-6-7-8-9-10-11-12-13-14(15)16-4-2;1-2-3-4-5-6-7-8-12-13(9,10)11/h3-13H2,1-2H3;2-8H2,1H3,(H2,9,10,11). The van der Waals surface area contributed by atoms with E-state index in [0.717, 1.165) is 25.7 Å². The topological polar surface area (TPSA) is 93.1 Å². The summed E-state index contributed by atoms with van der Waals surface area (Å²) in [6, 6.07) is 0. The predicted octanol–water partition coefficient (Wildman–Crippen LogP) is 6.93. The van der Waals surface area contributed by atoms with Crippen LogP contribution < -0.4 is 0 Å². The molecular weight excluding hydrogens is 391 g/mol. The number of carbonyl (C=O) groups is 1. The van der Waals surface area contributed by atoms with Crippen molar-refractivity contribution in [1.29, 1.82) is 0 Å². The number of carbonyl (C=O) groups excluding carboxylic acids is 1. The summed E-state index contributed by atoms with van der Waals surface area (Å²) in [5.74, 6) is -0.0366. The first-order chi connectivity index (χ1) is 13.9. The Balaban J connectivity index is 0. The van der Waals surface area contributed by atoms with Crippen LogP contribution in [0.15, 0.2) is 0 Å². The summed E-state index contributed by atoms with van der Waals surface area (Å²) in [5.41, 5.74) is 0. The highest BCUT2D eigenvalue weighted by atomic mass is 31.2. The Morgan fingerprint density at radius 3 is 1.52 bits per heavy atom. The largest absolute Gasteiger partial charge is 0.469 e. The molecule has 0 aliphatic rings. The summed E-state index contributed by atoms with van der Waals surface area (Å²) >= 11 is 0. The number of phosphoric acid groups is 1. The van der Waals surface area contributed by atoms with Crippen LogP contribution in [0.5, 0.6) is 0 Å². The lowest BCUT2D eigenvalue weighted by molar-refractivity contribution is -0.143. The van der Waals surface area contributed by atoms with Crippen LogP contribution in [0.1, 0.15) is 124 Å². The Morgan fingerprint density at radius 2 is 1.10 bits per heavy atom. The number of hydrogen-bond donors (Lipinski definition) is 2. The van der Waals surface area contributed by atoms with Gasteiger partial charge in [-0.05, 0) is 19.8 Å². The second-order valence-electron chi connectivity index (χ2n) is 7.48. The maximum atomic E-state index is 11.0. The lowest BCUT2D eigenvalue weighted by Gasteiger charge is -2.04. The number of rotatable bonds is 19. The van der Waals surface area contributed by atoms with Crippen molar-refractivity contribution >= 4 is 13.8 Å². The second-order valence-corrected chi connectivity index (χ2v) is 8.71. The van der Waals surface area contributed by atoms with Gasteiger partial charge in [-0.2, -0.15) is 0 Å². The van der Waals surface area contributed by atoms with E-state index in [0.29, 0.717) is 13.0 Å². The molecule has 0 radical (unpaired) electrons. The fourth-order valence-corrected chi connectivity index (χ4v) is 3.25. The first-order valence-electron chi connectivity index (χ1n) is 11.7. The van der Waals surface area contributed by atoms with Gasteiger partial charge >= 0.3 is 13.8 Å². The van der Waals surface area contributed by atoms with Gasteiger partial charge in [0, 0.05) is 6.42 Å². The van der Waals surface area contributed by atoms with E-state index in [9.17, 15) is 9.36 Å². The van der Waals surface area contributed by atoms with E-state index in [2.05, 4.69) is 18.4 Å². The van der Waals surface area contributed by atoms with E-state index >= 15 is 0 Å². The molecule has 0 spiro atoms. The minimum atomic E-state index is -4.23. The van der Waals surface area contributed by atoms with Gasteiger partial charge in [-0.25, -0.2) is 4.57 Å². The average Bonchev–Trinajstić information content (AvgIpc) is 2.66. The molecule has 0 atom stereocenters. The normalized spacial score (nSPS) is 11.1. The first-order valence-corrected chi connectivity index (χ1v) is 13.3. The van der Waals surface area contributed by atoms with Crippen LogP contribution in [0.4, 0.5) is 0 Å². The lowest BCUT2D eigenvalue weighted by Crippen LogP contribution is -2.03. The fourth-order valence-electron chi connectivity index (χ4n) is 2.88. The molecule has 0 saturated carbocycles. The fraction of sp³-hybridized carbons (Fsp3) is 0.955. The van der Waals surface area contributed by atoms with E-state index in [-0.39, 0.29) is 12.6 Å². The van der Waals surface area contributed by atoms with Gasteiger partial charge in [0.15, 0.2) is 0 Å². The number of esters is 1. The summed E-state index contributed by atoms with van der Waals surface area (Å²) in [5, 5.41) is 0. The van der Waals surface area contributed by atoms with Gasteiger partial charge in [0.1, 0.15) is 0 Å². The molecule has 0 bridgehead atoms. The molecule has 0 heterocycles. The van der Waals surface area contributed by atoms with Crippen LogP contribution in [0, 0.1) is 0 Å². The Bertz CT molecular complexity index is 383. The molecule has 176 valence electrons. The number of phosphoric ester groups is 1. The van der Waals surface area contributed by atoms with Crippen LogP contribution in [-0.2, 0) is 18.6 Å². The van der Waals surface area contributed by atoms with E-state index in [1.165, 1.54) is 70.6 Å². The van der Waals surface area contributed by atoms with Gasteiger partial charge in [0.25, 0.3) is 0 Å². The molecule has 0 unspecified atom stereocenters. The Labute approximate surface area is 179 Å². The monoisotopic (exact) mass is 438 g/mol. The number of ether oxygens (including phenoxy) is 1. The molecule has 0 aliphatic heterocycles. The van der Waals surface area contributed by atoms with Gasteiger partial charge in [-0.15, -0.1) is 0 Å². The highest BCUT2D eigenvalue weighted by molar-refractivity contribution is 7.46. The first kappa shape index (κ1) is 30.8. The third kappa shape index (κ3) is 32.5. The van der Waals surface area contributed by atoms with Crippen LogP contribution >= 0.6 is 7.82 Å².